The largest absolute Gasteiger partial charge is 0.339 e. The van der Waals surface area contributed by atoms with Crippen molar-refractivity contribution in [2.45, 2.75) is 63.5 Å². The van der Waals surface area contributed by atoms with Gasteiger partial charge in [-0.25, -0.2) is 0 Å². The maximum Gasteiger partial charge on any atom is 0.245 e. The number of carbonyl (C=O) groups is 1. The fourth-order valence-corrected chi connectivity index (χ4v) is 3.99. The minimum atomic E-state index is 0.104. The van der Waals surface area contributed by atoms with E-state index in [4.69, 9.17) is 0 Å². The number of nitrogens with one attached hydrogen (secondary N) is 1. The normalized spacial score (nSPS) is 30.3. The van der Waals surface area contributed by atoms with Crippen LogP contribution in [-0.2, 0) is 4.79 Å². The Bertz CT molecular complexity index is 352. The molecule has 3 heteroatoms. The van der Waals surface area contributed by atoms with Crippen LogP contribution in [0.5, 0.6) is 0 Å². The summed E-state index contributed by atoms with van der Waals surface area (Å²) in [5, 5.41) is 3.89. The molecule has 1 heterocycles. The van der Waals surface area contributed by atoms with E-state index >= 15 is 0 Å². The van der Waals surface area contributed by atoms with E-state index < -0.39 is 0 Å². The molecule has 1 spiro atoms. The second kappa shape index (κ2) is 5.28. The van der Waals surface area contributed by atoms with Gasteiger partial charge >= 0.3 is 0 Å². The van der Waals surface area contributed by atoms with E-state index in [1.165, 1.54) is 57.4 Å². The van der Waals surface area contributed by atoms with Crippen LogP contribution in [0, 0.1) is 5.41 Å². The van der Waals surface area contributed by atoms with Gasteiger partial charge in [-0.2, -0.15) is 0 Å². The first-order valence-corrected chi connectivity index (χ1v) is 7.91. The summed E-state index contributed by atoms with van der Waals surface area (Å²) >= 11 is 0. The van der Waals surface area contributed by atoms with Gasteiger partial charge in [-0.1, -0.05) is 25.8 Å². The fourth-order valence-electron chi connectivity index (χ4n) is 3.99. The average molecular weight is 262 g/mol. The molecule has 1 saturated heterocycles. The van der Waals surface area contributed by atoms with Crippen LogP contribution in [0.15, 0.2) is 12.7 Å². The minimum Gasteiger partial charge on any atom is -0.339 e. The van der Waals surface area contributed by atoms with E-state index in [0.29, 0.717) is 5.41 Å². The molecule has 106 valence electrons. The number of rotatable bonds is 3. The Balaban J connectivity index is 1.46. The molecule has 19 heavy (non-hydrogen) atoms. The van der Waals surface area contributed by atoms with Gasteiger partial charge in [-0.15, -0.1) is 0 Å². The van der Waals surface area contributed by atoms with Crippen molar-refractivity contribution in [2.75, 3.05) is 13.1 Å². The lowest BCUT2D eigenvalue weighted by atomic mass is 9.91. The Hall–Kier alpha value is -0.830. The Labute approximate surface area is 116 Å². The van der Waals surface area contributed by atoms with Crippen molar-refractivity contribution in [3.05, 3.63) is 12.7 Å². The summed E-state index contributed by atoms with van der Waals surface area (Å²) in [6, 6.07) is 1.50. The lowest BCUT2D eigenvalue weighted by Gasteiger charge is -2.33. The fraction of sp³-hybridized carbons (Fsp3) is 0.812. The van der Waals surface area contributed by atoms with Crippen LogP contribution in [0.4, 0.5) is 0 Å². The summed E-state index contributed by atoms with van der Waals surface area (Å²) in [6.45, 7) is 5.43. The summed E-state index contributed by atoms with van der Waals surface area (Å²) in [6.07, 6.45) is 12.1. The third-order valence-electron chi connectivity index (χ3n) is 5.48. The molecule has 1 atom stereocenters. The number of nitrogens with zero attached hydrogens (tertiary/aromatic N) is 1. The first-order chi connectivity index (χ1) is 9.23. The molecule has 3 rings (SSSR count). The van der Waals surface area contributed by atoms with Gasteiger partial charge < -0.3 is 10.2 Å². The quantitative estimate of drug-likeness (QED) is 0.793. The highest BCUT2D eigenvalue weighted by Crippen LogP contribution is 2.54. The van der Waals surface area contributed by atoms with Crippen molar-refractivity contribution < 1.29 is 4.79 Å². The Morgan fingerprint density at radius 2 is 1.89 bits per heavy atom. The second-order valence-corrected chi connectivity index (χ2v) is 6.65. The van der Waals surface area contributed by atoms with E-state index in [1.807, 2.05) is 4.90 Å². The topological polar surface area (TPSA) is 32.3 Å². The number of likely N-dealkylation sites (tertiary alicyclic amines) is 1. The van der Waals surface area contributed by atoms with E-state index in [2.05, 4.69) is 11.9 Å². The van der Waals surface area contributed by atoms with E-state index in [0.717, 1.165) is 25.2 Å². The highest BCUT2D eigenvalue weighted by atomic mass is 16.2. The molecule has 0 aromatic carbocycles. The van der Waals surface area contributed by atoms with Crippen molar-refractivity contribution >= 4 is 5.91 Å². The Morgan fingerprint density at radius 1 is 1.21 bits per heavy atom. The molecule has 2 aliphatic carbocycles. The van der Waals surface area contributed by atoms with Crippen LogP contribution in [0.3, 0.4) is 0 Å². The zero-order chi connectivity index (χ0) is 13.3. The van der Waals surface area contributed by atoms with E-state index in [1.54, 1.807) is 0 Å². The van der Waals surface area contributed by atoms with Crippen molar-refractivity contribution in [3.8, 4) is 0 Å². The molecule has 1 N–H and O–H groups in total. The zero-order valence-corrected chi connectivity index (χ0v) is 11.9. The van der Waals surface area contributed by atoms with Gasteiger partial charge in [-0.3, -0.25) is 4.79 Å². The predicted molar refractivity (Wildman–Crippen MR) is 76.9 cm³/mol. The molecule has 0 radical (unpaired) electrons. The SMILES string of the molecule is C=CC(=O)N1CCC2(CC1)CC2NC1CCCCC1. The highest BCUT2D eigenvalue weighted by Gasteiger charge is 2.55. The van der Waals surface area contributed by atoms with Gasteiger partial charge in [0.05, 0.1) is 0 Å². The molecule has 1 amide bonds. The first kappa shape index (κ1) is 13.2. The van der Waals surface area contributed by atoms with Gasteiger partial charge in [-0.05, 0) is 43.6 Å². The van der Waals surface area contributed by atoms with Crippen LogP contribution >= 0.6 is 0 Å². The maximum atomic E-state index is 11.6. The van der Waals surface area contributed by atoms with E-state index in [-0.39, 0.29) is 5.91 Å². The molecule has 3 aliphatic rings. The van der Waals surface area contributed by atoms with Crippen molar-refractivity contribution in [1.29, 1.82) is 0 Å². The highest BCUT2D eigenvalue weighted by molar-refractivity contribution is 5.87. The average Bonchev–Trinajstić information content (AvgIpc) is 3.12. The molecule has 0 bridgehead atoms. The van der Waals surface area contributed by atoms with Gasteiger partial charge in [0.15, 0.2) is 0 Å². The molecule has 3 fully saturated rings. The smallest absolute Gasteiger partial charge is 0.245 e. The van der Waals surface area contributed by atoms with Gasteiger partial charge in [0.25, 0.3) is 0 Å². The third-order valence-corrected chi connectivity index (χ3v) is 5.48. The third kappa shape index (κ3) is 2.71. The number of hydrogen-bond acceptors (Lipinski definition) is 2. The molecular formula is C16H26N2O. The number of amides is 1. The van der Waals surface area contributed by atoms with E-state index in [9.17, 15) is 4.79 Å². The lowest BCUT2D eigenvalue weighted by Crippen LogP contribution is -2.42. The zero-order valence-electron chi connectivity index (χ0n) is 11.9. The maximum absolute atomic E-state index is 11.6. The van der Waals surface area contributed by atoms with Crippen molar-refractivity contribution in [1.82, 2.24) is 10.2 Å². The predicted octanol–water partition coefficient (Wildman–Crippen LogP) is 2.48. The Kier molecular flexibility index (Phi) is 3.66. The molecule has 2 saturated carbocycles. The molecule has 1 unspecified atom stereocenters. The summed E-state index contributed by atoms with van der Waals surface area (Å²) in [5.74, 6) is 0.104. The van der Waals surface area contributed by atoms with Crippen LogP contribution < -0.4 is 5.32 Å². The number of hydrogen-bond donors (Lipinski definition) is 1. The number of carbonyl (C=O) groups excluding carboxylic acids is 1. The standard InChI is InChI=1S/C16H26N2O/c1-2-15(19)18-10-8-16(9-11-18)12-14(16)17-13-6-4-3-5-7-13/h2,13-14,17H,1,3-12H2. The summed E-state index contributed by atoms with van der Waals surface area (Å²) < 4.78 is 0. The van der Waals surface area contributed by atoms with Crippen molar-refractivity contribution in [2.24, 2.45) is 5.41 Å². The first-order valence-electron chi connectivity index (χ1n) is 7.91. The summed E-state index contributed by atoms with van der Waals surface area (Å²) in [5.41, 5.74) is 0.523. The monoisotopic (exact) mass is 262 g/mol. The Morgan fingerprint density at radius 3 is 2.53 bits per heavy atom. The van der Waals surface area contributed by atoms with Gasteiger partial charge in [0.2, 0.25) is 5.91 Å². The van der Waals surface area contributed by atoms with Gasteiger partial charge in [0.1, 0.15) is 0 Å². The summed E-state index contributed by atoms with van der Waals surface area (Å²) in [4.78, 5) is 13.5. The number of piperidine rings is 1. The molecule has 1 aliphatic heterocycles. The molecular weight excluding hydrogens is 236 g/mol. The molecule has 0 aromatic heterocycles. The van der Waals surface area contributed by atoms with Gasteiger partial charge in [0, 0.05) is 25.2 Å². The molecule has 0 aromatic rings. The van der Waals surface area contributed by atoms with Crippen LogP contribution in [-0.4, -0.2) is 36.0 Å². The second-order valence-electron chi connectivity index (χ2n) is 6.65. The van der Waals surface area contributed by atoms with Crippen LogP contribution in [0.1, 0.15) is 51.4 Å². The minimum absolute atomic E-state index is 0.104. The summed E-state index contributed by atoms with van der Waals surface area (Å²) in [7, 11) is 0. The van der Waals surface area contributed by atoms with Crippen molar-refractivity contribution in [3.63, 3.8) is 0 Å². The molecule has 3 nitrogen and oxygen atoms in total. The van der Waals surface area contributed by atoms with Crippen LogP contribution in [0.2, 0.25) is 0 Å². The van der Waals surface area contributed by atoms with Crippen LogP contribution in [0.25, 0.3) is 0 Å². The lowest BCUT2D eigenvalue weighted by molar-refractivity contribution is -0.127.